The molecule has 122 valence electrons. The number of hydrogen-bond acceptors (Lipinski definition) is 5. The van der Waals surface area contributed by atoms with Gasteiger partial charge in [0, 0.05) is 44.8 Å². The third kappa shape index (κ3) is 4.41. The van der Waals surface area contributed by atoms with Crippen LogP contribution >= 0.6 is 0 Å². The molecule has 5 heteroatoms. The van der Waals surface area contributed by atoms with Crippen molar-refractivity contribution in [3.63, 3.8) is 0 Å². The summed E-state index contributed by atoms with van der Waals surface area (Å²) in [6, 6.07) is 4.59. The van der Waals surface area contributed by atoms with E-state index in [-0.39, 0.29) is 5.60 Å². The third-order valence-electron chi connectivity index (χ3n) is 4.67. The number of hydrogen-bond donors (Lipinski definition) is 2. The highest BCUT2D eigenvalue weighted by Crippen LogP contribution is 2.34. The van der Waals surface area contributed by atoms with Crippen molar-refractivity contribution in [3.05, 3.63) is 24.5 Å². The van der Waals surface area contributed by atoms with Gasteiger partial charge in [0.1, 0.15) is 0 Å². The molecule has 0 saturated carbocycles. The van der Waals surface area contributed by atoms with E-state index in [0.29, 0.717) is 6.04 Å². The van der Waals surface area contributed by atoms with Gasteiger partial charge in [0.05, 0.1) is 11.3 Å². The van der Waals surface area contributed by atoms with Gasteiger partial charge in [-0.05, 0) is 50.8 Å². The first-order valence-corrected chi connectivity index (χ1v) is 8.45. The molecule has 3 rings (SSSR count). The Bertz CT molecular complexity index is 429. The van der Waals surface area contributed by atoms with Gasteiger partial charge in [-0.2, -0.15) is 0 Å². The van der Waals surface area contributed by atoms with E-state index in [1.54, 1.807) is 6.20 Å². The summed E-state index contributed by atoms with van der Waals surface area (Å²) in [6.07, 6.45) is 9.12. The number of pyridine rings is 1. The Hall–Kier alpha value is -1.17. The molecule has 1 aromatic heterocycles. The zero-order valence-electron chi connectivity index (χ0n) is 13.2. The molecule has 22 heavy (non-hydrogen) atoms. The molecule has 2 aliphatic heterocycles. The molecule has 2 fully saturated rings. The lowest BCUT2D eigenvalue weighted by Gasteiger charge is -2.43. The normalized spacial score (nSPS) is 24.3. The van der Waals surface area contributed by atoms with E-state index in [1.807, 2.05) is 18.3 Å². The second kappa shape index (κ2) is 7.90. The van der Waals surface area contributed by atoms with E-state index >= 15 is 0 Å². The van der Waals surface area contributed by atoms with Crippen LogP contribution in [0.4, 0.5) is 5.69 Å². The van der Waals surface area contributed by atoms with Crippen molar-refractivity contribution in [2.45, 2.75) is 43.7 Å². The van der Waals surface area contributed by atoms with Crippen molar-refractivity contribution in [1.82, 2.24) is 10.3 Å². The number of aromatic nitrogens is 1. The van der Waals surface area contributed by atoms with Crippen molar-refractivity contribution < 1.29 is 9.47 Å². The summed E-state index contributed by atoms with van der Waals surface area (Å²) < 4.78 is 11.6. The summed E-state index contributed by atoms with van der Waals surface area (Å²) >= 11 is 0. The van der Waals surface area contributed by atoms with E-state index in [4.69, 9.17) is 9.47 Å². The van der Waals surface area contributed by atoms with Crippen LogP contribution in [0.3, 0.4) is 0 Å². The molecule has 0 bridgehead atoms. The van der Waals surface area contributed by atoms with Crippen LogP contribution in [0, 0.1) is 0 Å². The van der Waals surface area contributed by atoms with Gasteiger partial charge in [0.15, 0.2) is 0 Å². The molecule has 3 heterocycles. The van der Waals surface area contributed by atoms with Gasteiger partial charge in [0.25, 0.3) is 0 Å². The van der Waals surface area contributed by atoms with Crippen LogP contribution in [0.1, 0.15) is 32.1 Å². The number of nitrogens with one attached hydrogen (secondary N) is 2. The van der Waals surface area contributed by atoms with Crippen molar-refractivity contribution in [1.29, 1.82) is 0 Å². The monoisotopic (exact) mass is 305 g/mol. The molecule has 0 amide bonds. The van der Waals surface area contributed by atoms with Gasteiger partial charge in [-0.3, -0.25) is 4.98 Å². The fourth-order valence-electron chi connectivity index (χ4n) is 3.39. The molecule has 1 spiro atoms. The lowest BCUT2D eigenvalue weighted by molar-refractivity contribution is -0.140. The molecule has 2 N–H and O–H groups in total. The maximum absolute atomic E-state index is 6.08. The summed E-state index contributed by atoms with van der Waals surface area (Å²) in [5, 5.41) is 7.10. The average molecular weight is 305 g/mol. The molecule has 1 aromatic rings. The molecule has 5 nitrogen and oxygen atoms in total. The maximum Gasteiger partial charge on any atom is 0.0741 e. The Morgan fingerprint density at radius 1 is 1.23 bits per heavy atom. The maximum atomic E-state index is 6.08. The van der Waals surface area contributed by atoms with Gasteiger partial charge in [0.2, 0.25) is 0 Å². The number of ether oxygens (including phenoxy) is 2. The van der Waals surface area contributed by atoms with E-state index in [0.717, 1.165) is 70.7 Å². The molecule has 0 aromatic carbocycles. The highest BCUT2D eigenvalue weighted by Gasteiger charge is 2.38. The topological polar surface area (TPSA) is 55.4 Å². The molecule has 2 saturated heterocycles. The standard InChI is InChI=1S/C17H27N3O2/c1-3-16(14-18-7-1)20-9-2-8-19-15-4-10-22-17(13-15)5-11-21-12-6-17/h1,3,7,14-15,19-20H,2,4-6,8-13H2/t15-/m1/s1. The first kappa shape index (κ1) is 15.7. The third-order valence-corrected chi connectivity index (χ3v) is 4.67. The van der Waals surface area contributed by atoms with Crippen LogP contribution in [0.15, 0.2) is 24.5 Å². The summed E-state index contributed by atoms with van der Waals surface area (Å²) in [5.74, 6) is 0. The lowest BCUT2D eigenvalue weighted by Crippen LogP contribution is -2.50. The molecule has 0 radical (unpaired) electrons. The van der Waals surface area contributed by atoms with Gasteiger partial charge < -0.3 is 20.1 Å². The van der Waals surface area contributed by atoms with Crippen molar-refractivity contribution in [2.24, 2.45) is 0 Å². The van der Waals surface area contributed by atoms with E-state index in [9.17, 15) is 0 Å². The molecular formula is C17H27N3O2. The smallest absolute Gasteiger partial charge is 0.0741 e. The Morgan fingerprint density at radius 3 is 2.95 bits per heavy atom. The number of nitrogens with zero attached hydrogens (tertiary/aromatic N) is 1. The van der Waals surface area contributed by atoms with Crippen LogP contribution in [-0.2, 0) is 9.47 Å². The molecule has 0 aliphatic carbocycles. The first-order valence-electron chi connectivity index (χ1n) is 8.45. The van der Waals surface area contributed by atoms with Crippen LogP contribution < -0.4 is 10.6 Å². The van der Waals surface area contributed by atoms with Crippen molar-refractivity contribution >= 4 is 5.69 Å². The second-order valence-electron chi connectivity index (χ2n) is 6.31. The summed E-state index contributed by atoms with van der Waals surface area (Å²) in [6.45, 7) is 4.60. The van der Waals surface area contributed by atoms with Crippen molar-refractivity contribution in [3.8, 4) is 0 Å². The highest BCUT2D eigenvalue weighted by molar-refractivity contribution is 5.39. The van der Waals surface area contributed by atoms with Crippen molar-refractivity contribution in [2.75, 3.05) is 38.2 Å². The molecule has 1 atom stereocenters. The van der Waals surface area contributed by atoms with Crippen LogP contribution in [0.2, 0.25) is 0 Å². The fourth-order valence-corrected chi connectivity index (χ4v) is 3.39. The van der Waals surface area contributed by atoms with Crippen LogP contribution in [0.25, 0.3) is 0 Å². The quantitative estimate of drug-likeness (QED) is 0.789. The zero-order chi connectivity index (χ0) is 15.1. The Balaban J connectivity index is 1.33. The summed E-state index contributed by atoms with van der Waals surface area (Å²) in [4.78, 5) is 4.10. The molecule has 0 unspecified atom stereocenters. The molecule has 2 aliphatic rings. The van der Waals surface area contributed by atoms with Gasteiger partial charge in [-0.15, -0.1) is 0 Å². The van der Waals surface area contributed by atoms with Gasteiger partial charge in [-0.1, -0.05) is 0 Å². The Labute approximate surface area is 132 Å². The van der Waals surface area contributed by atoms with E-state index in [2.05, 4.69) is 15.6 Å². The molecular weight excluding hydrogens is 278 g/mol. The first-order chi connectivity index (χ1) is 10.9. The zero-order valence-corrected chi connectivity index (χ0v) is 13.2. The van der Waals surface area contributed by atoms with E-state index in [1.165, 1.54) is 0 Å². The summed E-state index contributed by atoms with van der Waals surface area (Å²) in [5.41, 5.74) is 1.18. The number of anilines is 1. The Morgan fingerprint density at radius 2 is 2.14 bits per heavy atom. The van der Waals surface area contributed by atoms with Crippen LogP contribution in [-0.4, -0.2) is 49.5 Å². The average Bonchev–Trinajstić information content (AvgIpc) is 2.56. The van der Waals surface area contributed by atoms with Crippen LogP contribution in [0.5, 0.6) is 0 Å². The minimum absolute atomic E-state index is 0.0854. The van der Waals surface area contributed by atoms with Gasteiger partial charge in [-0.25, -0.2) is 0 Å². The Kier molecular flexibility index (Phi) is 5.64. The second-order valence-corrected chi connectivity index (χ2v) is 6.31. The SMILES string of the molecule is c1cncc(NCCCN[C@@H]2CCOC3(CCOCC3)C2)c1. The predicted octanol–water partition coefficient (Wildman–Crippen LogP) is 2.20. The minimum Gasteiger partial charge on any atom is -0.384 e. The highest BCUT2D eigenvalue weighted by atomic mass is 16.5. The number of rotatable bonds is 6. The lowest BCUT2D eigenvalue weighted by atomic mass is 9.84. The summed E-state index contributed by atoms with van der Waals surface area (Å²) in [7, 11) is 0. The van der Waals surface area contributed by atoms with Gasteiger partial charge >= 0.3 is 0 Å². The largest absolute Gasteiger partial charge is 0.384 e. The minimum atomic E-state index is 0.0854. The fraction of sp³-hybridized carbons (Fsp3) is 0.706. The van der Waals surface area contributed by atoms with E-state index < -0.39 is 0 Å². The predicted molar refractivity (Wildman–Crippen MR) is 87.1 cm³/mol.